The first-order chi connectivity index (χ1) is 12.0. The summed E-state index contributed by atoms with van der Waals surface area (Å²) in [6, 6.07) is 5.32. The van der Waals surface area contributed by atoms with E-state index in [0.29, 0.717) is 12.1 Å². The second kappa shape index (κ2) is 7.76. The van der Waals surface area contributed by atoms with Gasteiger partial charge in [-0.25, -0.2) is 4.39 Å². The lowest BCUT2D eigenvalue weighted by atomic mass is 9.94. The van der Waals surface area contributed by atoms with Crippen LogP contribution >= 0.6 is 0 Å². The van der Waals surface area contributed by atoms with Crippen molar-refractivity contribution in [3.8, 4) is 0 Å². The molecule has 1 atom stereocenters. The first-order valence-corrected chi connectivity index (χ1v) is 8.79. The van der Waals surface area contributed by atoms with E-state index in [1.165, 1.54) is 30.7 Å². The Morgan fingerprint density at radius 1 is 1.12 bits per heavy atom. The molecular weight excluding hydrogens is 325 g/mol. The minimum absolute atomic E-state index is 0.00119. The maximum absolute atomic E-state index is 12.9. The van der Waals surface area contributed by atoms with Crippen LogP contribution in [0.15, 0.2) is 24.3 Å². The van der Waals surface area contributed by atoms with Crippen LogP contribution in [0.4, 0.5) is 4.39 Å². The SMILES string of the molecule is O=C(COC(=O)[C@@H]1CC(=O)N(C2CCCCC2)C1)c1ccc(F)cc1. The molecule has 1 saturated carbocycles. The van der Waals surface area contributed by atoms with Crippen LogP contribution < -0.4 is 0 Å². The number of hydrogen-bond acceptors (Lipinski definition) is 4. The van der Waals surface area contributed by atoms with Gasteiger partial charge in [-0.15, -0.1) is 0 Å². The highest BCUT2D eigenvalue weighted by molar-refractivity contribution is 5.98. The fraction of sp³-hybridized carbons (Fsp3) is 0.526. The molecule has 0 aromatic heterocycles. The molecule has 0 bridgehead atoms. The third-order valence-corrected chi connectivity index (χ3v) is 5.02. The Morgan fingerprint density at radius 2 is 1.80 bits per heavy atom. The second-order valence-corrected chi connectivity index (χ2v) is 6.78. The topological polar surface area (TPSA) is 63.7 Å². The number of nitrogens with zero attached hydrogens (tertiary/aromatic N) is 1. The zero-order valence-corrected chi connectivity index (χ0v) is 14.1. The quantitative estimate of drug-likeness (QED) is 0.607. The van der Waals surface area contributed by atoms with E-state index < -0.39 is 24.3 Å². The molecule has 25 heavy (non-hydrogen) atoms. The van der Waals surface area contributed by atoms with Crippen LogP contribution in [-0.4, -0.2) is 41.8 Å². The molecule has 1 saturated heterocycles. The van der Waals surface area contributed by atoms with Crippen molar-refractivity contribution in [2.75, 3.05) is 13.2 Å². The summed E-state index contributed by atoms with van der Waals surface area (Å²) in [7, 11) is 0. The number of amides is 1. The maximum atomic E-state index is 12.9. The molecule has 5 nitrogen and oxygen atoms in total. The van der Waals surface area contributed by atoms with Crippen LogP contribution in [0.3, 0.4) is 0 Å². The molecule has 1 aromatic carbocycles. The number of ether oxygens (including phenoxy) is 1. The van der Waals surface area contributed by atoms with Crippen LogP contribution in [0, 0.1) is 11.7 Å². The van der Waals surface area contributed by atoms with Gasteiger partial charge in [0, 0.05) is 24.6 Å². The molecule has 0 spiro atoms. The van der Waals surface area contributed by atoms with Gasteiger partial charge in [0.25, 0.3) is 0 Å². The Labute approximate surface area is 146 Å². The number of Topliss-reactive ketones (excluding diaryl/α,β-unsaturated/α-hetero) is 1. The normalized spacial score (nSPS) is 21.4. The van der Waals surface area contributed by atoms with Gasteiger partial charge in [-0.2, -0.15) is 0 Å². The average molecular weight is 347 g/mol. The van der Waals surface area contributed by atoms with Gasteiger partial charge in [-0.1, -0.05) is 19.3 Å². The summed E-state index contributed by atoms with van der Waals surface area (Å²) in [4.78, 5) is 38.2. The van der Waals surface area contributed by atoms with Crippen LogP contribution in [0.2, 0.25) is 0 Å². The number of carbonyl (C=O) groups excluding carboxylic acids is 3. The van der Waals surface area contributed by atoms with E-state index in [0.717, 1.165) is 25.7 Å². The first kappa shape index (κ1) is 17.6. The lowest BCUT2D eigenvalue weighted by Gasteiger charge is -2.31. The number of rotatable bonds is 5. The summed E-state index contributed by atoms with van der Waals surface area (Å²) in [6.07, 6.45) is 5.59. The number of ketones is 1. The second-order valence-electron chi connectivity index (χ2n) is 6.78. The molecule has 6 heteroatoms. The predicted molar refractivity (Wildman–Crippen MR) is 88.4 cm³/mol. The molecule has 1 amide bonds. The largest absolute Gasteiger partial charge is 0.457 e. The lowest BCUT2D eigenvalue weighted by Crippen LogP contribution is -2.38. The van der Waals surface area contributed by atoms with Gasteiger partial charge in [-0.3, -0.25) is 14.4 Å². The number of likely N-dealkylation sites (tertiary alicyclic amines) is 1. The molecule has 0 unspecified atom stereocenters. The molecule has 0 radical (unpaired) electrons. The fourth-order valence-corrected chi connectivity index (χ4v) is 3.61. The Bertz CT molecular complexity index is 652. The number of benzene rings is 1. The summed E-state index contributed by atoms with van der Waals surface area (Å²) in [5.74, 6) is -1.83. The van der Waals surface area contributed by atoms with E-state index in [1.807, 2.05) is 4.90 Å². The number of hydrogen-bond donors (Lipinski definition) is 0. The van der Waals surface area contributed by atoms with Crippen molar-refractivity contribution < 1.29 is 23.5 Å². The highest BCUT2D eigenvalue weighted by atomic mass is 19.1. The van der Waals surface area contributed by atoms with E-state index in [9.17, 15) is 18.8 Å². The van der Waals surface area contributed by atoms with Crippen LogP contribution in [0.5, 0.6) is 0 Å². The summed E-state index contributed by atoms with van der Waals surface area (Å²) in [6.45, 7) is -0.00828. The van der Waals surface area contributed by atoms with Gasteiger partial charge in [0.15, 0.2) is 12.4 Å². The molecule has 1 heterocycles. The van der Waals surface area contributed by atoms with Crippen LogP contribution in [-0.2, 0) is 14.3 Å². The zero-order chi connectivity index (χ0) is 17.8. The van der Waals surface area contributed by atoms with E-state index >= 15 is 0 Å². The minimum atomic E-state index is -0.512. The Kier molecular flexibility index (Phi) is 5.46. The monoisotopic (exact) mass is 347 g/mol. The van der Waals surface area contributed by atoms with Crippen LogP contribution in [0.1, 0.15) is 48.9 Å². The molecule has 3 rings (SSSR count). The predicted octanol–water partition coefficient (Wildman–Crippen LogP) is 2.73. The van der Waals surface area contributed by atoms with Gasteiger partial charge in [0.1, 0.15) is 5.82 Å². The van der Waals surface area contributed by atoms with Gasteiger partial charge in [0.2, 0.25) is 5.91 Å². The van der Waals surface area contributed by atoms with E-state index in [1.54, 1.807) is 0 Å². The van der Waals surface area contributed by atoms with Crippen molar-refractivity contribution in [2.45, 2.75) is 44.6 Å². The number of carbonyl (C=O) groups is 3. The van der Waals surface area contributed by atoms with Gasteiger partial charge in [-0.05, 0) is 37.1 Å². The van der Waals surface area contributed by atoms with Crippen molar-refractivity contribution in [2.24, 2.45) is 5.92 Å². The van der Waals surface area contributed by atoms with Crippen molar-refractivity contribution in [3.05, 3.63) is 35.6 Å². The third-order valence-electron chi connectivity index (χ3n) is 5.02. The van der Waals surface area contributed by atoms with E-state index in [2.05, 4.69) is 0 Å². The molecule has 1 aliphatic carbocycles. The van der Waals surface area contributed by atoms with Gasteiger partial charge in [0.05, 0.1) is 5.92 Å². The van der Waals surface area contributed by atoms with E-state index in [4.69, 9.17) is 4.74 Å². The highest BCUT2D eigenvalue weighted by Gasteiger charge is 2.39. The molecule has 1 aromatic rings. The van der Waals surface area contributed by atoms with Crippen molar-refractivity contribution in [3.63, 3.8) is 0 Å². The summed E-state index contributed by atoms with van der Waals surface area (Å²) in [5.41, 5.74) is 0.292. The first-order valence-electron chi connectivity index (χ1n) is 8.79. The Balaban J connectivity index is 1.50. The molecule has 2 fully saturated rings. The molecule has 0 N–H and O–H groups in total. The molecule has 134 valence electrons. The third kappa shape index (κ3) is 4.24. The average Bonchev–Trinajstić information content (AvgIpc) is 3.02. The van der Waals surface area contributed by atoms with E-state index in [-0.39, 0.29) is 24.2 Å². The highest BCUT2D eigenvalue weighted by Crippen LogP contribution is 2.29. The van der Waals surface area contributed by atoms with Crippen molar-refractivity contribution in [1.82, 2.24) is 4.90 Å². The standard InChI is InChI=1S/C19H22FNO4/c20-15-8-6-13(7-9-15)17(22)12-25-19(24)14-10-18(23)21(11-14)16-4-2-1-3-5-16/h6-9,14,16H,1-5,10-12H2/t14-/m1/s1. The summed E-state index contributed by atoms with van der Waals surface area (Å²) in [5, 5.41) is 0. The fourth-order valence-electron chi connectivity index (χ4n) is 3.61. The summed E-state index contributed by atoms with van der Waals surface area (Å²) < 4.78 is 18.0. The van der Waals surface area contributed by atoms with Crippen molar-refractivity contribution in [1.29, 1.82) is 0 Å². The molecular formula is C19H22FNO4. The number of halogens is 1. The lowest BCUT2D eigenvalue weighted by molar-refractivity contribution is -0.147. The maximum Gasteiger partial charge on any atom is 0.311 e. The Morgan fingerprint density at radius 3 is 2.48 bits per heavy atom. The van der Waals surface area contributed by atoms with Crippen LogP contribution in [0.25, 0.3) is 0 Å². The summed E-state index contributed by atoms with van der Waals surface area (Å²) >= 11 is 0. The molecule has 1 aliphatic heterocycles. The van der Waals surface area contributed by atoms with Gasteiger partial charge < -0.3 is 9.64 Å². The zero-order valence-electron chi connectivity index (χ0n) is 14.1. The Hall–Kier alpha value is -2.24. The smallest absolute Gasteiger partial charge is 0.311 e. The minimum Gasteiger partial charge on any atom is -0.457 e. The van der Waals surface area contributed by atoms with Crippen molar-refractivity contribution >= 4 is 17.7 Å². The number of esters is 1. The van der Waals surface area contributed by atoms with Gasteiger partial charge >= 0.3 is 5.97 Å². The molecule has 2 aliphatic rings.